The summed E-state index contributed by atoms with van der Waals surface area (Å²) in [4.78, 5) is 0. The van der Waals surface area contributed by atoms with Gasteiger partial charge < -0.3 is 10.1 Å². The molecule has 1 fully saturated rings. The third kappa shape index (κ3) is 4.97. The van der Waals surface area contributed by atoms with Gasteiger partial charge in [-0.05, 0) is 51.0 Å². The molecule has 0 amide bonds. The Bertz CT molecular complexity index is 189. The van der Waals surface area contributed by atoms with Gasteiger partial charge in [0.1, 0.15) is 0 Å². The highest BCUT2D eigenvalue weighted by atomic mass is 16.5. The summed E-state index contributed by atoms with van der Waals surface area (Å²) in [5.74, 6) is 1.71. The van der Waals surface area contributed by atoms with Crippen molar-refractivity contribution in [3.63, 3.8) is 0 Å². The van der Waals surface area contributed by atoms with Crippen LogP contribution in [0.4, 0.5) is 0 Å². The van der Waals surface area contributed by atoms with Gasteiger partial charge in [0.15, 0.2) is 0 Å². The Kier molecular flexibility index (Phi) is 7.14. The van der Waals surface area contributed by atoms with Crippen LogP contribution in [0.25, 0.3) is 0 Å². The third-order valence-corrected chi connectivity index (χ3v) is 4.08. The van der Waals surface area contributed by atoms with E-state index in [1.54, 1.807) is 0 Å². The summed E-state index contributed by atoms with van der Waals surface area (Å²) in [5.41, 5.74) is 0. The lowest BCUT2D eigenvalue weighted by Gasteiger charge is -2.38. The standard InChI is InChI=1S/C15H31NO/c1-5-8-12(4)15(16-6-2)11-13-9-14(10-13)17-7-3/h12-16H,5-11H2,1-4H3. The molecule has 0 heterocycles. The number of hydrogen-bond acceptors (Lipinski definition) is 2. The topological polar surface area (TPSA) is 21.3 Å². The maximum atomic E-state index is 5.64. The van der Waals surface area contributed by atoms with Gasteiger partial charge >= 0.3 is 0 Å². The lowest BCUT2D eigenvalue weighted by Crippen LogP contribution is -2.41. The normalized spacial score (nSPS) is 27.5. The fraction of sp³-hybridized carbons (Fsp3) is 1.00. The monoisotopic (exact) mass is 241 g/mol. The van der Waals surface area contributed by atoms with E-state index in [2.05, 4.69) is 33.0 Å². The van der Waals surface area contributed by atoms with Crippen LogP contribution in [0.15, 0.2) is 0 Å². The largest absolute Gasteiger partial charge is 0.378 e. The predicted molar refractivity (Wildman–Crippen MR) is 74.3 cm³/mol. The fourth-order valence-corrected chi connectivity index (χ4v) is 3.03. The minimum absolute atomic E-state index is 0.564. The molecule has 102 valence electrons. The van der Waals surface area contributed by atoms with Crippen LogP contribution in [-0.4, -0.2) is 25.3 Å². The highest BCUT2D eigenvalue weighted by Crippen LogP contribution is 2.35. The molecule has 0 aliphatic heterocycles. The molecule has 2 nitrogen and oxygen atoms in total. The lowest BCUT2D eigenvalue weighted by molar-refractivity contribution is -0.0305. The number of nitrogens with one attached hydrogen (secondary N) is 1. The van der Waals surface area contributed by atoms with Crippen molar-refractivity contribution in [2.24, 2.45) is 11.8 Å². The maximum absolute atomic E-state index is 5.64. The molecule has 0 spiro atoms. The molecule has 17 heavy (non-hydrogen) atoms. The minimum atomic E-state index is 0.564. The molecule has 0 aromatic heterocycles. The summed E-state index contributed by atoms with van der Waals surface area (Å²) in [6.45, 7) is 11.0. The van der Waals surface area contributed by atoms with E-state index in [1.165, 1.54) is 32.1 Å². The first kappa shape index (κ1) is 15.0. The van der Waals surface area contributed by atoms with Crippen LogP contribution in [0.3, 0.4) is 0 Å². The van der Waals surface area contributed by atoms with Crippen molar-refractivity contribution < 1.29 is 4.74 Å². The average Bonchev–Trinajstić information content (AvgIpc) is 2.25. The van der Waals surface area contributed by atoms with E-state index < -0.39 is 0 Å². The van der Waals surface area contributed by atoms with Gasteiger partial charge in [-0.3, -0.25) is 0 Å². The Balaban J connectivity index is 2.25. The molecule has 0 saturated heterocycles. The van der Waals surface area contributed by atoms with E-state index in [0.29, 0.717) is 12.1 Å². The van der Waals surface area contributed by atoms with Crippen molar-refractivity contribution in [2.75, 3.05) is 13.2 Å². The van der Waals surface area contributed by atoms with Crippen LogP contribution in [0.5, 0.6) is 0 Å². The summed E-state index contributed by atoms with van der Waals surface area (Å²) < 4.78 is 5.64. The lowest BCUT2D eigenvalue weighted by atomic mass is 9.76. The SMILES string of the molecule is CCCC(C)C(CC1CC(OCC)C1)NCC. The molecule has 2 heteroatoms. The summed E-state index contributed by atoms with van der Waals surface area (Å²) in [6.07, 6.45) is 7.13. The van der Waals surface area contributed by atoms with E-state index in [1.807, 2.05) is 0 Å². The Hall–Kier alpha value is -0.0800. The van der Waals surface area contributed by atoms with Crippen molar-refractivity contribution in [1.29, 1.82) is 0 Å². The van der Waals surface area contributed by atoms with Crippen LogP contribution in [0.2, 0.25) is 0 Å². The summed E-state index contributed by atoms with van der Waals surface area (Å²) >= 11 is 0. The molecule has 1 aliphatic rings. The molecule has 1 aliphatic carbocycles. The quantitative estimate of drug-likeness (QED) is 0.666. The van der Waals surface area contributed by atoms with E-state index in [-0.39, 0.29) is 0 Å². The second kappa shape index (κ2) is 8.10. The van der Waals surface area contributed by atoms with Gasteiger partial charge in [0.2, 0.25) is 0 Å². The predicted octanol–water partition coefficient (Wildman–Crippen LogP) is 3.61. The van der Waals surface area contributed by atoms with Gasteiger partial charge in [0, 0.05) is 12.6 Å². The summed E-state index contributed by atoms with van der Waals surface area (Å²) in [7, 11) is 0. The maximum Gasteiger partial charge on any atom is 0.0580 e. The van der Waals surface area contributed by atoms with Crippen LogP contribution in [-0.2, 0) is 4.74 Å². The van der Waals surface area contributed by atoms with Crippen molar-refractivity contribution >= 4 is 0 Å². The molecule has 0 radical (unpaired) electrons. The Morgan fingerprint density at radius 1 is 1.24 bits per heavy atom. The molecule has 2 unspecified atom stereocenters. The van der Waals surface area contributed by atoms with Crippen LogP contribution in [0, 0.1) is 11.8 Å². The zero-order valence-electron chi connectivity index (χ0n) is 12.2. The molecule has 1 N–H and O–H groups in total. The molecular formula is C15H31NO. The minimum Gasteiger partial charge on any atom is -0.378 e. The first-order chi connectivity index (χ1) is 8.21. The third-order valence-electron chi connectivity index (χ3n) is 4.08. The zero-order valence-corrected chi connectivity index (χ0v) is 12.2. The molecular weight excluding hydrogens is 210 g/mol. The van der Waals surface area contributed by atoms with Gasteiger partial charge in [-0.2, -0.15) is 0 Å². The van der Waals surface area contributed by atoms with E-state index in [9.17, 15) is 0 Å². The number of ether oxygens (including phenoxy) is 1. The second-order valence-electron chi connectivity index (χ2n) is 5.58. The Labute approximate surface area is 108 Å². The van der Waals surface area contributed by atoms with Crippen LogP contribution < -0.4 is 5.32 Å². The number of rotatable bonds is 9. The van der Waals surface area contributed by atoms with Crippen molar-refractivity contribution in [2.45, 2.75) is 71.9 Å². The molecule has 0 aromatic carbocycles. The van der Waals surface area contributed by atoms with Gasteiger partial charge in [0.05, 0.1) is 6.10 Å². The first-order valence-electron chi connectivity index (χ1n) is 7.56. The fourth-order valence-electron chi connectivity index (χ4n) is 3.03. The van der Waals surface area contributed by atoms with Gasteiger partial charge in [-0.25, -0.2) is 0 Å². The molecule has 1 rings (SSSR count). The summed E-state index contributed by atoms with van der Waals surface area (Å²) in [6, 6.07) is 0.715. The molecule has 2 atom stereocenters. The van der Waals surface area contributed by atoms with Gasteiger partial charge in [-0.15, -0.1) is 0 Å². The number of hydrogen-bond donors (Lipinski definition) is 1. The van der Waals surface area contributed by atoms with Crippen molar-refractivity contribution in [3.05, 3.63) is 0 Å². The van der Waals surface area contributed by atoms with E-state index in [0.717, 1.165) is 25.0 Å². The highest BCUT2D eigenvalue weighted by molar-refractivity contribution is 4.85. The second-order valence-corrected chi connectivity index (χ2v) is 5.58. The smallest absolute Gasteiger partial charge is 0.0580 e. The molecule has 0 bridgehead atoms. The Morgan fingerprint density at radius 3 is 2.47 bits per heavy atom. The first-order valence-corrected chi connectivity index (χ1v) is 7.56. The van der Waals surface area contributed by atoms with Crippen LogP contribution in [0.1, 0.15) is 59.8 Å². The Morgan fingerprint density at radius 2 is 1.94 bits per heavy atom. The van der Waals surface area contributed by atoms with Crippen LogP contribution >= 0.6 is 0 Å². The molecule has 0 aromatic rings. The zero-order chi connectivity index (χ0) is 12.7. The van der Waals surface area contributed by atoms with Crippen molar-refractivity contribution in [3.8, 4) is 0 Å². The summed E-state index contributed by atoms with van der Waals surface area (Å²) in [5, 5.41) is 3.67. The van der Waals surface area contributed by atoms with Gasteiger partial charge in [-0.1, -0.05) is 27.2 Å². The molecule has 1 saturated carbocycles. The van der Waals surface area contributed by atoms with E-state index >= 15 is 0 Å². The van der Waals surface area contributed by atoms with Gasteiger partial charge in [0.25, 0.3) is 0 Å². The highest BCUT2D eigenvalue weighted by Gasteiger charge is 2.32. The average molecular weight is 241 g/mol. The van der Waals surface area contributed by atoms with Crippen molar-refractivity contribution in [1.82, 2.24) is 5.32 Å². The van der Waals surface area contributed by atoms with E-state index in [4.69, 9.17) is 4.74 Å².